The van der Waals surface area contributed by atoms with E-state index >= 15 is 0 Å². The van der Waals surface area contributed by atoms with Crippen LogP contribution >= 0.6 is 0 Å². The molecule has 0 aliphatic rings. The second-order valence-corrected chi connectivity index (χ2v) is 9.03. The highest BCUT2D eigenvalue weighted by Crippen LogP contribution is 2.07. The first-order valence-corrected chi connectivity index (χ1v) is 10.7. The van der Waals surface area contributed by atoms with Crippen LogP contribution in [0.25, 0.3) is 0 Å². The molecule has 12 nitrogen and oxygen atoms in total. The molecule has 13 heteroatoms. The first-order valence-electron chi connectivity index (χ1n) is 9.05. The Labute approximate surface area is 179 Å². The zero-order valence-electron chi connectivity index (χ0n) is 17.3. The zero-order chi connectivity index (χ0) is 23.7. The minimum absolute atomic E-state index is 0.0888. The zero-order valence-corrected chi connectivity index (χ0v) is 18.1. The third kappa shape index (κ3) is 11.4. The molecule has 0 unspecified atom stereocenters. The van der Waals surface area contributed by atoms with Gasteiger partial charge in [0, 0.05) is 0 Å². The van der Waals surface area contributed by atoms with E-state index in [0.29, 0.717) is 5.56 Å². The number of benzene rings is 1. The van der Waals surface area contributed by atoms with E-state index in [-0.39, 0.29) is 6.61 Å². The Morgan fingerprint density at radius 3 is 2.32 bits per heavy atom. The topological polar surface area (TPSA) is 186 Å². The van der Waals surface area contributed by atoms with Crippen LogP contribution < -0.4 is 16.4 Å². The number of amides is 2. The van der Waals surface area contributed by atoms with Gasteiger partial charge in [-0.15, -0.1) is 4.40 Å². The van der Waals surface area contributed by atoms with E-state index < -0.39 is 58.0 Å². The van der Waals surface area contributed by atoms with Crippen molar-refractivity contribution >= 4 is 34.1 Å². The van der Waals surface area contributed by atoms with Gasteiger partial charge in [-0.2, -0.15) is 0 Å². The monoisotopic (exact) mass is 458 g/mol. The maximum absolute atomic E-state index is 12.0. The number of guanidine groups is 1. The largest absolute Gasteiger partial charge is 0.480 e. The van der Waals surface area contributed by atoms with Crippen LogP contribution in [-0.2, 0) is 30.9 Å². The summed E-state index contributed by atoms with van der Waals surface area (Å²) in [6.45, 7) is 4.70. The van der Waals surface area contributed by atoms with Crippen LogP contribution in [0.4, 0.5) is 9.59 Å². The summed E-state index contributed by atoms with van der Waals surface area (Å²) in [4.78, 5) is 34.7. The molecule has 1 aromatic carbocycles. The lowest BCUT2D eigenvalue weighted by atomic mass is 10.2. The minimum Gasteiger partial charge on any atom is -0.480 e. The lowest BCUT2D eigenvalue weighted by Gasteiger charge is -2.19. The third-order valence-electron chi connectivity index (χ3n) is 3.33. The third-order valence-corrected chi connectivity index (χ3v) is 4.56. The van der Waals surface area contributed by atoms with Crippen molar-refractivity contribution in [3.8, 4) is 0 Å². The number of hydrogen-bond acceptors (Lipinski definition) is 7. The van der Waals surface area contributed by atoms with Crippen molar-refractivity contribution in [1.82, 2.24) is 10.6 Å². The number of aliphatic carboxylic acids is 1. The SMILES string of the molecule is CC(C)(C)OC(=O)N/C(N)=N/S(=O)(=O)CC[C@H](NC(=O)OCc1ccccc1)C(=O)O. The number of nitrogens with zero attached hydrogens (tertiary/aromatic N) is 1. The van der Waals surface area contributed by atoms with Gasteiger partial charge in [-0.25, -0.2) is 22.8 Å². The number of carboxylic acids is 1. The molecule has 0 saturated heterocycles. The van der Waals surface area contributed by atoms with Gasteiger partial charge in [0.2, 0.25) is 5.96 Å². The van der Waals surface area contributed by atoms with Gasteiger partial charge in [-0.1, -0.05) is 30.3 Å². The summed E-state index contributed by atoms with van der Waals surface area (Å²) in [5, 5.41) is 13.2. The van der Waals surface area contributed by atoms with Gasteiger partial charge in [0.15, 0.2) is 0 Å². The van der Waals surface area contributed by atoms with Crippen LogP contribution in [-0.4, -0.2) is 55.0 Å². The molecular formula is C18H26N4O8S. The summed E-state index contributed by atoms with van der Waals surface area (Å²) in [5.41, 5.74) is 5.23. The van der Waals surface area contributed by atoms with Gasteiger partial charge in [-0.3, -0.25) is 5.32 Å². The Morgan fingerprint density at radius 2 is 1.77 bits per heavy atom. The molecule has 31 heavy (non-hydrogen) atoms. The van der Waals surface area contributed by atoms with Crippen molar-refractivity contribution in [2.75, 3.05) is 5.75 Å². The van der Waals surface area contributed by atoms with E-state index in [1.165, 1.54) is 0 Å². The minimum atomic E-state index is -4.25. The van der Waals surface area contributed by atoms with Crippen LogP contribution in [0.5, 0.6) is 0 Å². The summed E-state index contributed by atoms with van der Waals surface area (Å²) >= 11 is 0. The number of rotatable bonds is 8. The number of sulfonamides is 1. The molecule has 0 aromatic heterocycles. The van der Waals surface area contributed by atoms with Crippen LogP contribution in [0.1, 0.15) is 32.8 Å². The molecule has 5 N–H and O–H groups in total. The molecular weight excluding hydrogens is 432 g/mol. The first kappa shape index (κ1) is 25.7. The molecule has 0 aliphatic carbocycles. The summed E-state index contributed by atoms with van der Waals surface area (Å²) in [7, 11) is -4.25. The van der Waals surface area contributed by atoms with Gasteiger partial charge < -0.3 is 25.6 Å². The summed E-state index contributed by atoms with van der Waals surface area (Å²) in [5.74, 6) is -2.97. The van der Waals surface area contributed by atoms with Gasteiger partial charge in [0.05, 0.1) is 5.75 Å². The predicted octanol–water partition coefficient (Wildman–Crippen LogP) is 0.925. The van der Waals surface area contributed by atoms with Gasteiger partial charge >= 0.3 is 18.2 Å². The van der Waals surface area contributed by atoms with Gasteiger partial charge in [0.1, 0.15) is 18.2 Å². The number of hydrogen-bond donors (Lipinski definition) is 4. The normalized spacial score (nSPS) is 13.1. The molecule has 2 amide bonds. The molecule has 0 radical (unpaired) electrons. The number of carboxylic acid groups (broad SMARTS) is 1. The molecule has 1 atom stereocenters. The van der Waals surface area contributed by atoms with E-state index in [4.69, 9.17) is 15.2 Å². The van der Waals surface area contributed by atoms with E-state index in [1.807, 2.05) is 5.32 Å². The first-order chi connectivity index (χ1) is 14.3. The van der Waals surface area contributed by atoms with E-state index in [1.54, 1.807) is 51.1 Å². The van der Waals surface area contributed by atoms with Crippen molar-refractivity contribution in [2.45, 2.75) is 45.4 Å². The summed E-state index contributed by atoms with van der Waals surface area (Å²) in [6, 6.07) is 7.14. The van der Waals surface area contributed by atoms with E-state index in [2.05, 4.69) is 9.71 Å². The van der Waals surface area contributed by atoms with Crippen LogP contribution in [0.15, 0.2) is 34.7 Å². The number of ether oxygens (including phenoxy) is 2. The number of carbonyl (C=O) groups is 3. The fourth-order valence-electron chi connectivity index (χ4n) is 2.06. The quantitative estimate of drug-likeness (QED) is 0.324. The van der Waals surface area contributed by atoms with E-state index in [0.717, 1.165) is 0 Å². The lowest BCUT2D eigenvalue weighted by molar-refractivity contribution is -0.139. The van der Waals surface area contributed by atoms with Gasteiger partial charge in [-0.05, 0) is 32.8 Å². The Hall–Kier alpha value is -3.35. The Morgan fingerprint density at radius 1 is 1.16 bits per heavy atom. The molecule has 0 fully saturated rings. The Balaban J connectivity index is 2.60. The average molecular weight is 458 g/mol. The number of alkyl carbamates (subject to hydrolysis) is 2. The maximum Gasteiger partial charge on any atom is 0.414 e. The van der Waals surface area contributed by atoms with Crippen molar-refractivity contribution in [3.63, 3.8) is 0 Å². The highest BCUT2D eigenvalue weighted by atomic mass is 32.2. The van der Waals surface area contributed by atoms with Gasteiger partial charge in [0.25, 0.3) is 10.0 Å². The van der Waals surface area contributed by atoms with Crippen LogP contribution in [0, 0.1) is 0 Å². The second-order valence-electron chi connectivity index (χ2n) is 7.28. The van der Waals surface area contributed by atoms with Crippen molar-refractivity contribution in [1.29, 1.82) is 0 Å². The molecule has 1 rings (SSSR count). The number of nitrogens with one attached hydrogen (secondary N) is 2. The fraction of sp³-hybridized carbons (Fsp3) is 0.444. The lowest BCUT2D eigenvalue weighted by Crippen LogP contribution is -2.42. The smallest absolute Gasteiger partial charge is 0.414 e. The molecule has 0 heterocycles. The molecule has 1 aromatic rings. The predicted molar refractivity (Wildman–Crippen MR) is 111 cm³/mol. The van der Waals surface area contributed by atoms with Crippen LogP contribution in [0.3, 0.4) is 0 Å². The second kappa shape index (κ2) is 11.2. The molecule has 0 spiro atoms. The number of nitrogens with two attached hydrogens (primary N) is 1. The van der Waals surface area contributed by atoms with Crippen molar-refractivity contribution < 1.29 is 37.4 Å². The summed E-state index contributed by atoms with van der Waals surface area (Å²) in [6.07, 6.45) is -2.54. The fourth-order valence-corrected chi connectivity index (χ4v) is 3.03. The Bertz CT molecular complexity index is 910. The molecule has 0 bridgehead atoms. The maximum atomic E-state index is 12.0. The molecule has 0 aliphatic heterocycles. The van der Waals surface area contributed by atoms with Crippen LogP contribution in [0.2, 0.25) is 0 Å². The summed E-state index contributed by atoms with van der Waals surface area (Å²) < 4.78 is 37.1. The van der Waals surface area contributed by atoms with Crippen molar-refractivity contribution in [2.24, 2.45) is 10.1 Å². The van der Waals surface area contributed by atoms with E-state index in [9.17, 15) is 27.9 Å². The molecule has 172 valence electrons. The highest BCUT2D eigenvalue weighted by Gasteiger charge is 2.24. The highest BCUT2D eigenvalue weighted by molar-refractivity contribution is 7.90. The van der Waals surface area contributed by atoms with Crippen molar-refractivity contribution in [3.05, 3.63) is 35.9 Å². The Kier molecular flexibility index (Phi) is 9.24. The molecule has 0 saturated carbocycles. The average Bonchev–Trinajstić information content (AvgIpc) is 2.61. The number of carbonyl (C=O) groups excluding carboxylic acids is 2. The standard InChI is InChI=1S/C18H26N4O8S/c1-18(2,3)30-17(26)21-15(19)22-31(27,28)10-9-13(14(23)24)20-16(25)29-11-12-7-5-4-6-8-12/h4-8,13H,9-11H2,1-3H3,(H,20,25)(H,23,24)(H3,19,21,22,26)/t13-/m0/s1.